The third-order valence-corrected chi connectivity index (χ3v) is 3.93. The van der Waals surface area contributed by atoms with Crippen molar-refractivity contribution in [1.82, 2.24) is 10.2 Å². The van der Waals surface area contributed by atoms with Crippen LogP contribution in [0, 0.1) is 11.3 Å². The average Bonchev–Trinajstić information content (AvgIpc) is 2.52. The standard InChI is InChI=1S/C14H28N2O/c1-8-11-13(17)16(10(4)14(5,6)7)12(15-11)9(2)3/h9-12,15H,8H2,1-7H3. The van der Waals surface area contributed by atoms with E-state index in [2.05, 4.69) is 58.7 Å². The summed E-state index contributed by atoms with van der Waals surface area (Å²) in [5.41, 5.74) is 0.118. The average molecular weight is 240 g/mol. The molecule has 0 aromatic heterocycles. The first kappa shape index (κ1) is 14.5. The predicted molar refractivity (Wildman–Crippen MR) is 71.6 cm³/mol. The molecule has 0 aromatic carbocycles. The van der Waals surface area contributed by atoms with Crippen molar-refractivity contribution in [3.8, 4) is 0 Å². The second-order valence-corrected chi connectivity index (χ2v) is 6.60. The van der Waals surface area contributed by atoms with E-state index in [0.29, 0.717) is 5.92 Å². The molecule has 1 aliphatic heterocycles. The van der Waals surface area contributed by atoms with Gasteiger partial charge in [0.2, 0.25) is 5.91 Å². The fourth-order valence-electron chi connectivity index (χ4n) is 2.33. The Bertz CT molecular complexity index is 280. The molecule has 100 valence electrons. The first-order valence-electron chi connectivity index (χ1n) is 6.78. The lowest BCUT2D eigenvalue weighted by molar-refractivity contribution is -0.134. The summed E-state index contributed by atoms with van der Waals surface area (Å²) in [4.78, 5) is 14.5. The molecular weight excluding hydrogens is 212 g/mol. The molecule has 0 radical (unpaired) electrons. The second kappa shape index (κ2) is 4.97. The van der Waals surface area contributed by atoms with Crippen LogP contribution in [0.1, 0.15) is 54.9 Å². The molecule has 1 N–H and O–H groups in total. The number of amides is 1. The number of hydrogen-bond donors (Lipinski definition) is 1. The van der Waals surface area contributed by atoms with E-state index in [-0.39, 0.29) is 29.6 Å². The molecule has 1 amide bonds. The highest BCUT2D eigenvalue weighted by atomic mass is 16.2. The van der Waals surface area contributed by atoms with Gasteiger partial charge in [0.25, 0.3) is 0 Å². The lowest BCUT2D eigenvalue weighted by Crippen LogP contribution is -2.50. The quantitative estimate of drug-likeness (QED) is 0.822. The van der Waals surface area contributed by atoms with Gasteiger partial charge < -0.3 is 4.90 Å². The van der Waals surface area contributed by atoms with E-state index in [9.17, 15) is 4.79 Å². The summed E-state index contributed by atoms with van der Waals surface area (Å²) in [6.45, 7) is 15.2. The van der Waals surface area contributed by atoms with Gasteiger partial charge >= 0.3 is 0 Å². The Balaban J connectivity index is 2.97. The van der Waals surface area contributed by atoms with Crippen LogP contribution in [0.15, 0.2) is 0 Å². The van der Waals surface area contributed by atoms with Crippen molar-refractivity contribution >= 4 is 5.91 Å². The summed E-state index contributed by atoms with van der Waals surface area (Å²) < 4.78 is 0. The zero-order valence-electron chi connectivity index (χ0n) is 12.4. The third kappa shape index (κ3) is 2.82. The van der Waals surface area contributed by atoms with Crippen molar-refractivity contribution < 1.29 is 4.79 Å². The summed E-state index contributed by atoms with van der Waals surface area (Å²) in [5, 5.41) is 3.47. The number of nitrogens with one attached hydrogen (secondary N) is 1. The highest BCUT2D eigenvalue weighted by Crippen LogP contribution is 2.30. The molecule has 0 bridgehead atoms. The lowest BCUT2D eigenvalue weighted by atomic mass is 9.86. The van der Waals surface area contributed by atoms with Crippen LogP contribution in [-0.4, -0.2) is 29.1 Å². The van der Waals surface area contributed by atoms with Gasteiger partial charge in [-0.3, -0.25) is 10.1 Å². The first-order valence-corrected chi connectivity index (χ1v) is 6.78. The van der Waals surface area contributed by atoms with Crippen LogP contribution in [0.4, 0.5) is 0 Å². The summed E-state index contributed by atoms with van der Waals surface area (Å²) in [6.07, 6.45) is 1.05. The first-order chi connectivity index (χ1) is 7.70. The van der Waals surface area contributed by atoms with Crippen molar-refractivity contribution in [1.29, 1.82) is 0 Å². The molecule has 1 heterocycles. The van der Waals surface area contributed by atoms with Crippen molar-refractivity contribution in [3.63, 3.8) is 0 Å². The number of hydrogen-bond acceptors (Lipinski definition) is 2. The Labute approximate surface area is 106 Å². The number of carbonyl (C=O) groups excluding carboxylic acids is 1. The maximum Gasteiger partial charge on any atom is 0.241 e. The highest BCUT2D eigenvalue weighted by Gasteiger charge is 2.44. The SMILES string of the molecule is CCC1NC(C(C)C)N(C(C)C(C)(C)C)C1=O. The minimum absolute atomic E-state index is 0.00667. The maximum absolute atomic E-state index is 12.4. The molecule has 3 atom stereocenters. The van der Waals surface area contributed by atoms with Gasteiger partial charge in [-0.25, -0.2) is 0 Å². The molecule has 3 heteroatoms. The Morgan fingerprint density at radius 1 is 1.29 bits per heavy atom. The van der Waals surface area contributed by atoms with Crippen LogP contribution in [0.5, 0.6) is 0 Å². The van der Waals surface area contributed by atoms with Gasteiger partial charge in [0.1, 0.15) is 0 Å². The molecule has 1 aliphatic rings. The van der Waals surface area contributed by atoms with E-state index in [1.165, 1.54) is 0 Å². The van der Waals surface area contributed by atoms with Crippen LogP contribution in [0.25, 0.3) is 0 Å². The monoisotopic (exact) mass is 240 g/mol. The highest BCUT2D eigenvalue weighted by molar-refractivity contribution is 5.84. The largest absolute Gasteiger partial charge is 0.322 e. The number of carbonyl (C=O) groups is 1. The normalized spacial score (nSPS) is 28.0. The van der Waals surface area contributed by atoms with Gasteiger partial charge in [0, 0.05) is 6.04 Å². The summed E-state index contributed by atoms with van der Waals surface area (Å²) in [5.74, 6) is 0.717. The molecule has 17 heavy (non-hydrogen) atoms. The van der Waals surface area contributed by atoms with Crippen molar-refractivity contribution in [2.24, 2.45) is 11.3 Å². The van der Waals surface area contributed by atoms with Gasteiger partial charge in [0.15, 0.2) is 0 Å². The van der Waals surface area contributed by atoms with Crippen molar-refractivity contribution in [2.75, 3.05) is 0 Å². The number of nitrogens with zero attached hydrogens (tertiary/aromatic N) is 1. The number of rotatable bonds is 3. The van der Waals surface area contributed by atoms with Gasteiger partial charge in [-0.15, -0.1) is 0 Å². The maximum atomic E-state index is 12.4. The van der Waals surface area contributed by atoms with E-state index in [1.807, 2.05) is 0 Å². The molecule has 3 nitrogen and oxygen atoms in total. The van der Waals surface area contributed by atoms with Gasteiger partial charge in [0.05, 0.1) is 12.2 Å². The lowest BCUT2D eigenvalue weighted by Gasteiger charge is -2.40. The van der Waals surface area contributed by atoms with Crippen LogP contribution < -0.4 is 5.32 Å². The smallest absolute Gasteiger partial charge is 0.241 e. The third-order valence-electron chi connectivity index (χ3n) is 3.93. The zero-order valence-corrected chi connectivity index (χ0v) is 12.4. The zero-order chi connectivity index (χ0) is 13.4. The van der Waals surface area contributed by atoms with Crippen LogP contribution >= 0.6 is 0 Å². The van der Waals surface area contributed by atoms with E-state index < -0.39 is 0 Å². The molecule has 3 unspecified atom stereocenters. The van der Waals surface area contributed by atoms with Crippen LogP contribution in [0.2, 0.25) is 0 Å². The van der Waals surface area contributed by atoms with Gasteiger partial charge in [-0.05, 0) is 24.7 Å². The van der Waals surface area contributed by atoms with Crippen LogP contribution in [0.3, 0.4) is 0 Å². The molecule has 0 saturated carbocycles. The Hall–Kier alpha value is -0.570. The summed E-state index contributed by atoms with van der Waals surface area (Å²) in [6, 6.07) is 0.263. The minimum Gasteiger partial charge on any atom is -0.322 e. The molecule has 1 saturated heterocycles. The van der Waals surface area contributed by atoms with Crippen LogP contribution in [-0.2, 0) is 4.79 Å². The molecule has 0 aliphatic carbocycles. The van der Waals surface area contributed by atoms with E-state index in [1.54, 1.807) is 0 Å². The molecule has 1 fully saturated rings. The molecule has 1 rings (SSSR count). The van der Waals surface area contributed by atoms with E-state index in [4.69, 9.17) is 0 Å². The summed E-state index contributed by atoms with van der Waals surface area (Å²) in [7, 11) is 0. The fourth-order valence-corrected chi connectivity index (χ4v) is 2.33. The molecule has 0 aromatic rings. The van der Waals surface area contributed by atoms with Crippen molar-refractivity contribution in [2.45, 2.75) is 73.1 Å². The second-order valence-electron chi connectivity index (χ2n) is 6.60. The molecular formula is C14H28N2O. The fraction of sp³-hybridized carbons (Fsp3) is 0.929. The Kier molecular flexibility index (Phi) is 4.23. The topological polar surface area (TPSA) is 32.3 Å². The Morgan fingerprint density at radius 3 is 2.18 bits per heavy atom. The van der Waals surface area contributed by atoms with Gasteiger partial charge in [-0.2, -0.15) is 0 Å². The molecule has 0 spiro atoms. The Morgan fingerprint density at radius 2 is 1.82 bits per heavy atom. The van der Waals surface area contributed by atoms with Gasteiger partial charge in [-0.1, -0.05) is 41.5 Å². The predicted octanol–water partition coefficient (Wildman–Crippen LogP) is 2.61. The van der Waals surface area contributed by atoms with E-state index in [0.717, 1.165) is 6.42 Å². The minimum atomic E-state index is 0.00667. The van der Waals surface area contributed by atoms with Crippen molar-refractivity contribution in [3.05, 3.63) is 0 Å². The van der Waals surface area contributed by atoms with E-state index >= 15 is 0 Å². The summed E-state index contributed by atoms with van der Waals surface area (Å²) >= 11 is 0.